The molecule has 1 N–H and O–H groups in total. The van der Waals surface area contributed by atoms with Crippen molar-refractivity contribution in [3.63, 3.8) is 0 Å². The Balaban J connectivity index is 1.29. The van der Waals surface area contributed by atoms with Crippen molar-refractivity contribution in [2.45, 2.75) is 25.4 Å². The minimum absolute atomic E-state index is 0.293. The molecular weight excluding hydrogens is 452 g/mol. The van der Waals surface area contributed by atoms with Gasteiger partial charge in [-0.3, -0.25) is 4.79 Å². The average Bonchev–Trinajstić information content (AvgIpc) is 3.24. The van der Waals surface area contributed by atoms with E-state index in [4.69, 9.17) is 4.52 Å². The topological polar surface area (TPSA) is 85.3 Å². The second-order valence-corrected chi connectivity index (χ2v) is 8.61. The minimum Gasteiger partial charge on any atom is -0.339 e. The van der Waals surface area contributed by atoms with E-state index in [1.165, 1.54) is 18.3 Å². The van der Waals surface area contributed by atoms with Crippen molar-refractivity contribution in [3.05, 3.63) is 89.8 Å². The lowest BCUT2D eigenvalue weighted by atomic mass is 10.1. The van der Waals surface area contributed by atoms with Gasteiger partial charge in [-0.15, -0.1) is 0 Å². The lowest BCUT2D eigenvalue weighted by Crippen LogP contribution is -2.12. The van der Waals surface area contributed by atoms with E-state index >= 15 is 0 Å². The molecule has 7 nitrogen and oxygen atoms in total. The summed E-state index contributed by atoms with van der Waals surface area (Å²) in [6.45, 7) is 1.88. The van der Waals surface area contributed by atoms with Crippen molar-refractivity contribution in [3.8, 4) is 22.5 Å². The van der Waals surface area contributed by atoms with Gasteiger partial charge in [-0.2, -0.15) is 10.1 Å². The Morgan fingerprint density at radius 3 is 2.63 bits per heavy atom. The summed E-state index contributed by atoms with van der Waals surface area (Å²) in [5, 5.41) is 11.2. The summed E-state index contributed by atoms with van der Waals surface area (Å²) in [5.74, 6) is -0.329. The largest absolute Gasteiger partial charge is 0.339 e. The van der Waals surface area contributed by atoms with Crippen molar-refractivity contribution in [2.75, 3.05) is 5.32 Å². The zero-order valence-electron chi connectivity index (χ0n) is 18.6. The summed E-state index contributed by atoms with van der Waals surface area (Å²) in [4.78, 5) is 17.5. The normalized spacial score (nSPS) is 17.0. The van der Waals surface area contributed by atoms with Crippen LogP contribution in [0, 0.1) is 12.7 Å². The molecule has 1 fully saturated rings. The highest BCUT2D eigenvalue weighted by molar-refractivity contribution is 6.09. The molecule has 3 heterocycles. The average molecular weight is 471 g/mol. The van der Waals surface area contributed by atoms with Crippen LogP contribution in [0.5, 0.6) is 0 Å². The van der Waals surface area contributed by atoms with Crippen molar-refractivity contribution in [1.82, 2.24) is 19.8 Å². The number of carbonyl (C=O) groups excluding carboxylic acids is 1. The Kier molecular flexibility index (Phi) is 4.91. The van der Waals surface area contributed by atoms with Crippen molar-refractivity contribution < 1.29 is 18.1 Å². The SMILES string of the molecule is Cc1ccc(-c2noc([C@H]3C[C@@H]3F)n2)cc1NC(=O)c1cnn2ccc(-c3ccc(F)cc3)cc12. The molecule has 2 atom stereocenters. The van der Waals surface area contributed by atoms with Crippen LogP contribution in [-0.2, 0) is 0 Å². The number of carbonyl (C=O) groups is 1. The first kappa shape index (κ1) is 21.2. The number of aryl methyl sites for hydroxylation is 1. The third kappa shape index (κ3) is 3.95. The molecule has 0 spiro atoms. The van der Waals surface area contributed by atoms with Crippen LogP contribution in [0.1, 0.15) is 34.2 Å². The number of halogens is 2. The molecule has 1 amide bonds. The predicted molar refractivity (Wildman–Crippen MR) is 125 cm³/mol. The summed E-state index contributed by atoms with van der Waals surface area (Å²) in [6.07, 6.45) is 2.74. The highest BCUT2D eigenvalue weighted by Gasteiger charge is 2.43. The number of benzene rings is 2. The fourth-order valence-corrected chi connectivity index (χ4v) is 3.99. The van der Waals surface area contributed by atoms with Gasteiger partial charge in [0.15, 0.2) is 0 Å². The lowest BCUT2D eigenvalue weighted by Gasteiger charge is -2.09. The highest BCUT2D eigenvalue weighted by Crippen LogP contribution is 2.43. The van der Waals surface area contributed by atoms with Crippen LogP contribution in [0.15, 0.2) is 71.5 Å². The molecule has 0 saturated heterocycles. The lowest BCUT2D eigenvalue weighted by molar-refractivity contribution is 0.102. The molecule has 1 aliphatic carbocycles. The van der Waals surface area contributed by atoms with Gasteiger partial charge in [0.05, 0.1) is 23.2 Å². The van der Waals surface area contributed by atoms with Crippen LogP contribution in [0.2, 0.25) is 0 Å². The van der Waals surface area contributed by atoms with Gasteiger partial charge in [0.1, 0.15) is 12.0 Å². The second-order valence-electron chi connectivity index (χ2n) is 8.61. The number of rotatable bonds is 5. The van der Waals surface area contributed by atoms with Crippen molar-refractivity contribution in [2.24, 2.45) is 0 Å². The molecule has 0 aliphatic heterocycles. The number of amides is 1. The summed E-state index contributed by atoms with van der Waals surface area (Å²) < 4.78 is 33.4. The van der Waals surface area contributed by atoms with Gasteiger partial charge in [0.2, 0.25) is 11.7 Å². The third-order valence-corrected chi connectivity index (χ3v) is 6.16. The molecule has 6 rings (SSSR count). The van der Waals surface area contributed by atoms with E-state index in [2.05, 4.69) is 20.6 Å². The van der Waals surface area contributed by atoms with Crippen LogP contribution in [0.3, 0.4) is 0 Å². The molecule has 0 radical (unpaired) electrons. The number of aromatic nitrogens is 4. The number of pyridine rings is 1. The summed E-state index contributed by atoms with van der Waals surface area (Å²) in [7, 11) is 0. The number of hydrogen-bond acceptors (Lipinski definition) is 5. The fourth-order valence-electron chi connectivity index (χ4n) is 3.99. The monoisotopic (exact) mass is 471 g/mol. The fraction of sp³-hybridized carbons (Fsp3) is 0.154. The molecule has 9 heteroatoms. The van der Waals surface area contributed by atoms with Crippen LogP contribution < -0.4 is 5.32 Å². The Morgan fingerprint density at radius 1 is 1.09 bits per heavy atom. The van der Waals surface area contributed by atoms with E-state index in [9.17, 15) is 13.6 Å². The maximum absolute atomic E-state index is 13.3. The molecule has 2 aromatic carbocycles. The Morgan fingerprint density at radius 2 is 1.86 bits per heavy atom. The summed E-state index contributed by atoms with van der Waals surface area (Å²) >= 11 is 0. The standard InChI is InChI=1S/C26H19F2N5O2/c1-14-2-3-17(24-31-26(35-32-24)19-12-21(19)28)10-22(14)30-25(34)20-13-29-33-9-8-16(11-23(20)33)15-4-6-18(27)7-5-15/h2-11,13,19,21H,12H2,1H3,(H,30,34)/t19-,21-/m0/s1. The molecule has 0 bridgehead atoms. The number of hydrogen-bond donors (Lipinski definition) is 1. The van der Waals surface area contributed by atoms with Gasteiger partial charge in [0, 0.05) is 17.4 Å². The Hall–Kier alpha value is -4.40. The smallest absolute Gasteiger partial charge is 0.259 e. The van der Waals surface area contributed by atoms with Gasteiger partial charge in [0.25, 0.3) is 5.91 Å². The van der Waals surface area contributed by atoms with E-state index in [1.807, 2.05) is 31.2 Å². The van der Waals surface area contributed by atoms with E-state index in [0.717, 1.165) is 16.7 Å². The van der Waals surface area contributed by atoms with E-state index in [1.54, 1.807) is 28.9 Å². The zero-order valence-corrected chi connectivity index (χ0v) is 18.6. The molecular formula is C26H19F2N5O2. The van der Waals surface area contributed by atoms with Crippen molar-refractivity contribution >= 4 is 17.1 Å². The summed E-state index contributed by atoms with van der Waals surface area (Å²) in [6, 6.07) is 15.3. The summed E-state index contributed by atoms with van der Waals surface area (Å²) in [5.41, 5.74) is 4.76. The maximum atomic E-state index is 13.3. The minimum atomic E-state index is -0.925. The van der Waals surface area contributed by atoms with Crippen LogP contribution >= 0.6 is 0 Å². The van der Waals surface area contributed by atoms with Crippen LogP contribution in [0.4, 0.5) is 14.5 Å². The molecule has 0 unspecified atom stereocenters. The highest BCUT2D eigenvalue weighted by atomic mass is 19.1. The number of anilines is 1. The Bertz CT molecular complexity index is 1570. The number of alkyl halides is 1. The quantitative estimate of drug-likeness (QED) is 0.362. The van der Waals surface area contributed by atoms with E-state index in [-0.39, 0.29) is 17.6 Å². The molecule has 5 aromatic rings. The molecule has 1 aliphatic rings. The third-order valence-electron chi connectivity index (χ3n) is 6.16. The first-order chi connectivity index (χ1) is 17.0. The number of nitrogens with zero attached hydrogens (tertiary/aromatic N) is 4. The van der Waals surface area contributed by atoms with Gasteiger partial charge in [-0.25, -0.2) is 13.3 Å². The molecule has 35 heavy (non-hydrogen) atoms. The number of fused-ring (bicyclic) bond motifs is 1. The second kappa shape index (κ2) is 8.12. The molecule has 174 valence electrons. The van der Waals surface area contributed by atoms with Gasteiger partial charge < -0.3 is 9.84 Å². The van der Waals surface area contributed by atoms with Crippen LogP contribution in [-0.4, -0.2) is 31.8 Å². The predicted octanol–water partition coefficient (Wildman–Crippen LogP) is 5.58. The van der Waals surface area contributed by atoms with E-state index < -0.39 is 6.17 Å². The van der Waals surface area contributed by atoms with Crippen LogP contribution in [0.25, 0.3) is 28.0 Å². The zero-order chi connectivity index (χ0) is 24.1. The van der Waals surface area contributed by atoms with Gasteiger partial charge in [-0.1, -0.05) is 29.4 Å². The first-order valence-corrected chi connectivity index (χ1v) is 11.1. The van der Waals surface area contributed by atoms with Gasteiger partial charge >= 0.3 is 0 Å². The first-order valence-electron chi connectivity index (χ1n) is 11.1. The Labute approximate surface area is 198 Å². The van der Waals surface area contributed by atoms with Crippen molar-refractivity contribution in [1.29, 1.82) is 0 Å². The van der Waals surface area contributed by atoms with Gasteiger partial charge in [-0.05, 0) is 60.4 Å². The molecule has 3 aromatic heterocycles. The maximum Gasteiger partial charge on any atom is 0.259 e. The molecule has 1 saturated carbocycles. The number of nitrogens with one attached hydrogen (secondary N) is 1. The van der Waals surface area contributed by atoms with E-state index in [0.29, 0.717) is 40.5 Å².